The fourth-order valence-electron chi connectivity index (χ4n) is 5.26. The quantitative estimate of drug-likeness (QED) is 0.0284. The zero-order valence-corrected chi connectivity index (χ0v) is 27.8. The predicted molar refractivity (Wildman–Crippen MR) is 175 cm³/mol. The van der Waals surface area contributed by atoms with Crippen LogP contribution in [0.4, 0.5) is 0 Å². The average molecular weight is 594 g/mol. The van der Waals surface area contributed by atoms with Crippen LogP contribution in [0.1, 0.15) is 206 Å². The van der Waals surface area contributed by atoms with Crippen LogP contribution in [0.2, 0.25) is 0 Å². The minimum atomic E-state index is -0.660. The second-order valence-electron chi connectivity index (χ2n) is 12.2. The van der Waals surface area contributed by atoms with Crippen LogP contribution >= 0.6 is 0 Å². The van der Waals surface area contributed by atoms with Crippen molar-refractivity contribution in [1.82, 2.24) is 0 Å². The van der Waals surface area contributed by atoms with Crippen molar-refractivity contribution in [3.63, 3.8) is 0 Å². The molecule has 0 spiro atoms. The van der Waals surface area contributed by atoms with Crippen LogP contribution < -0.4 is 0 Å². The van der Waals surface area contributed by atoms with Crippen molar-refractivity contribution in [2.45, 2.75) is 206 Å². The Hall–Kier alpha value is -1.72. The molecule has 0 saturated carbocycles. The molecule has 0 atom stereocenters. The van der Waals surface area contributed by atoms with Gasteiger partial charge < -0.3 is 9.47 Å². The van der Waals surface area contributed by atoms with Crippen molar-refractivity contribution in [3.8, 4) is 0 Å². The number of hydrogen-bond acceptors (Lipinski definition) is 6. The van der Waals surface area contributed by atoms with E-state index in [0.717, 1.165) is 38.5 Å². The van der Waals surface area contributed by atoms with E-state index in [9.17, 15) is 14.4 Å². The Morgan fingerprint density at radius 3 is 0.952 bits per heavy atom. The molecule has 0 fully saturated rings. The normalized spacial score (nSPS) is 11.0. The molecule has 246 valence electrons. The topological polar surface area (TPSA) is 93.5 Å². The summed E-state index contributed by atoms with van der Waals surface area (Å²) in [5, 5.41) is 7.80. The summed E-state index contributed by atoms with van der Waals surface area (Å²) in [6.45, 7) is 4.50. The minimum absolute atomic E-state index is 0.0325. The molecule has 0 bridgehead atoms. The number of carbonyl (C=O) groups excluding carboxylic acids is 3. The van der Waals surface area contributed by atoms with E-state index in [1.54, 1.807) is 0 Å². The molecule has 42 heavy (non-hydrogen) atoms. The molecule has 6 heteroatoms. The molecule has 0 aromatic heterocycles. The van der Waals surface area contributed by atoms with E-state index in [-0.39, 0.29) is 25.2 Å². The third kappa shape index (κ3) is 31.2. The molecule has 0 unspecified atom stereocenters. The maximum atomic E-state index is 11.9. The van der Waals surface area contributed by atoms with Gasteiger partial charge in [0.25, 0.3) is 0 Å². The first-order chi connectivity index (χ1) is 20.5. The number of esters is 3. The lowest BCUT2D eigenvalue weighted by molar-refractivity contribution is -0.159. The van der Waals surface area contributed by atoms with E-state index in [1.165, 1.54) is 128 Å². The van der Waals surface area contributed by atoms with Crippen molar-refractivity contribution in [1.29, 1.82) is 5.41 Å². The highest BCUT2D eigenvalue weighted by Crippen LogP contribution is 2.15. The molecule has 1 N–H and O–H groups in total. The SMILES string of the molecule is CCCCCCCCCCCCCCCC(=O)OC(=N)CCC(=O)OC(=O)CCCCCCCCCCCCCCC. The first kappa shape index (κ1) is 40.3. The summed E-state index contributed by atoms with van der Waals surface area (Å²) in [6.07, 6.45) is 32.6. The van der Waals surface area contributed by atoms with Crippen molar-refractivity contribution in [3.05, 3.63) is 0 Å². The van der Waals surface area contributed by atoms with Crippen LogP contribution in [0.25, 0.3) is 0 Å². The van der Waals surface area contributed by atoms with Crippen LogP contribution in [0.15, 0.2) is 0 Å². The third-order valence-electron chi connectivity index (χ3n) is 7.99. The Bertz CT molecular complexity index is 607. The van der Waals surface area contributed by atoms with Gasteiger partial charge in [-0.2, -0.15) is 0 Å². The number of rotatable bonds is 31. The monoisotopic (exact) mass is 594 g/mol. The zero-order chi connectivity index (χ0) is 30.9. The number of nitrogens with one attached hydrogen (secondary N) is 1. The first-order valence-corrected chi connectivity index (χ1v) is 18.0. The summed E-state index contributed by atoms with van der Waals surface area (Å²) < 4.78 is 9.87. The van der Waals surface area contributed by atoms with E-state index in [4.69, 9.17) is 14.9 Å². The van der Waals surface area contributed by atoms with Crippen LogP contribution in [0.5, 0.6) is 0 Å². The smallest absolute Gasteiger partial charge is 0.313 e. The van der Waals surface area contributed by atoms with Gasteiger partial charge >= 0.3 is 17.9 Å². The molecule has 0 radical (unpaired) electrons. The molecule has 0 aliphatic heterocycles. The van der Waals surface area contributed by atoms with Crippen molar-refractivity contribution < 1.29 is 23.9 Å². The van der Waals surface area contributed by atoms with E-state index in [1.807, 2.05) is 0 Å². The average Bonchev–Trinajstić information content (AvgIpc) is 2.96. The Kier molecular flexibility index (Phi) is 30.9. The van der Waals surface area contributed by atoms with Crippen LogP contribution in [0.3, 0.4) is 0 Å². The molecule has 6 nitrogen and oxygen atoms in total. The minimum Gasteiger partial charge on any atom is -0.412 e. The summed E-state index contributed by atoms with van der Waals surface area (Å²) in [6, 6.07) is 0. The molecule has 0 aromatic rings. The van der Waals surface area contributed by atoms with E-state index >= 15 is 0 Å². The largest absolute Gasteiger partial charge is 0.412 e. The highest BCUT2D eigenvalue weighted by molar-refractivity contribution is 5.90. The van der Waals surface area contributed by atoms with Gasteiger partial charge in [0.1, 0.15) is 0 Å². The van der Waals surface area contributed by atoms with Gasteiger partial charge in [-0.25, -0.2) is 0 Å². The standard InChI is InChI=1S/C36H67NO5/c1-3-5-7-9-11-13-15-17-19-21-23-25-27-29-34(38)41-33(37)31-32-36(40)42-35(39)30-28-26-24-22-20-18-16-14-12-10-8-6-4-2/h37H,3-32H2,1-2H3. The predicted octanol–water partition coefficient (Wildman–Crippen LogP) is 11.3. The Morgan fingerprint density at radius 2 is 0.619 bits per heavy atom. The number of ether oxygens (including phenoxy) is 2. The van der Waals surface area contributed by atoms with E-state index in [2.05, 4.69) is 13.8 Å². The van der Waals surface area contributed by atoms with E-state index < -0.39 is 17.9 Å². The Balaban J connectivity index is 3.52. The molecular weight excluding hydrogens is 526 g/mol. The van der Waals surface area contributed by atoms with Gasteiger partial charge in [0.2, 0.25) is 0 Å². The maximum absolute atomic E-state index is 11.9. The van der Waals surface area contributed by atoms with Gasteiger partial charge in [-0.15, -0.1) is 0 Å². The lowest BCUT2D eigenvalue weighted by Crippen LogP contribution is -2.16. The van der Waals surface area contributed by atoms with Crippen molar-refractivity contribution in [2.75, 3.05) is 0 Å². The van der Waals surface area contributed by atoms with Gasteiger partial charge in [0, 0.05) is 19.3 Å². The fraction of sp³-hybridized carbons (Fsp3) is 0.889. The third-order valence-corrected chi connectivity index (χ3v) is 7.99. The fourth-order valence-corrected chi connectivity index (χ4v) is 5.26. The summed E-state index contributed by atoms with van der Waals surface area (Å²) in [5.41, 5.74) is 0. The van der Waals surface area contributed by atoms with Gasteiger partial charge in [-0.3, -0.25) is 19.8 Å². The van der Waals surface area contributed by atoms with Gasteiger partial charge in [-0.1, -0.05) is 168 Å². The lowest BCUT2D eigenvalue weighted by Gasteiger charge is -2.06. The number of carbonyl (C=O) groups is 3. The van der Waals surface area contributed by atoms with Crippen LogP contribution in [-0.2, 0) is 23.9 Å². The summed E-state index contributed by atoms with van der Waals surface area (Å²) >= 11 is 0. The Morgan fingerprint density at radius 1 is 0.357 bits per heavy atom. The van der Waals surface area contributed by atoms with Crippen molar-refractivity contribution in [2.24, 2.45) is 0 Å². The summed E-state index contributed by atoms with van der Waals surface area (Å²) in [7, 11) is 0. The second-order valence-corrected chi connectivity index (χ2v) is 12.2. The summed E-state index contributed by atoms with van der Waals surface area (Å²) in [5.74, 6) is -1.83. The molecule has 0 saturated heterocycles. The molecule has 0 aromatic carbocycles. The van der Waals surface area contributed by atoms with Gasteiger partial charge in [0.15, 0.2) is 5.90 Å². The summed E-state index contributed by atoms with van der Waals surface area (Å²) in [4.78, 5) is 35.8. The highest BCUT2D eigenvalue weighted by Gasteiger charge is 2.13. The number of unbranched alkanes of at least 4 members (excludes halogenated alkanes) is 24. The lowest BCUT2D eigenvalue weighted by atomic mass is 10.0. The highest BCUT2D eigenvalue weighted by atomic mass is 16.6. The first-order valence-electron chi connectivity index (χ1n) is 18.0. The Labute approximate surface area is 259 Å². The van der Waals surface area contributed by atoms with Gasteiger partial charge in [0.05, 0.1) is 6.42 Å². The van der Waals surface area contributed by atoms with Crippen LogP contribution in [0, 0.1) is 5.41 Å². The molecular formula is C36H67NO5. The molecule has 0 rings (SSSR count). The van der Waals surface area contributed by atoms with Gasteiger partial charge in [-0.05, 0) is 12.8 Å². The zero-order valence-electron chi connectivity index (χ0n) is 27.8. The second kappa shape index (κ2) is 32.2. The molecule has 0 heterocycles. The van der Waals surface area contributed by atoms with E-state index in [0.29, 0.717) is 6.42 Å². The van der Waals surface area contributed by atoms with Crippen molar-refractivity contribution >= 4 is 23.8 Å². The number of hydrogen-bond donors (Lipinski definition) is 1. The maximum Gasteiger partial charge on any atom is 0.313 e. The molecule has 0 aliphatic carbocycles. The van der Waals surface area contributed by atoms with Crippen LogP contribution in [-0.4, -0.2) is 23.8 Å². The molecule has 0 aliphatic rings. The molecule has 0 amide bonds.